The van der Waals surface area contributed by atoms with E-state index in [-0.39, 0.29) is 0 Å². The molecule has 62 valence electrons. The highest BCUT2D eigenvalue weighted by Gasteiger charge is 1.93. The minimum Gasteiger partial charge on any atom is -0.326 e. The fraction of sp³-hybridized carbons (Fsp3) is 0.0909. The van der Waals surface area contributed by atoms with Crippen molar-refractivity contribution in [3.05, 3.63) is 54.1 Å². The number of rotatable bonds is 3. The lowest BCUT2D eigenvalue weighted by Gasteiger charge is -2.00. The van der Waals surface area contributed by atoms with Gasteiger partial charge in [-0.25, -0.2) is 0 Å². The zero-order valence-corrected chi connectivity index (χ0v) is 7.03. The molecule has 0 atom stereocenters. The van der Waals surface area contributed by atoms with E-state index in [1.165, 1.54) is 5.56 Å². The number of allylic oxidation sites excluding steroid dienone is 2. The van der Waals surface area contributed by atoms with Crippen molar-refractivity contribution < 1.29 is 0 Å². The summed E-state index contributed by atoms with van der Waals surface area (Å²) >= 11 is 0. The summed E-state index contributed by atoms with van der Waals surface area (Å²) in [5, 5.41) is 0. The maximum absolute atomic E-state index is 5.56. The van der Waals surface area contributed by atoms with Crippen LogP contribution >= 0.6 is 0 Å². The number of nitrogens with two attached hydrogens (primary N) is 1. The van der Waals surface area contributed by atoms with Crippen molar-refractivity contribution in [3.8, 4) is 0 Å². The van der Waals surface area contributed by atoms with Crippen molar-refractivity contribution in [3.63, 3.8) is 0 Å². The molecule has 1 heteroatoms. The van der Waals surface area contributed by atoms with Crippen LogP contribution in [-0.4, -0.2) is 0 Å². The van der Waals surface area contributed by atoms with Gasteiger partial charge in [-0.1, -0.05) is 49.1 Å². The van der Waals surface area contributed by atoms with Gasteiger partial charge in [-0.05, 0) is 11.1 Å². The third-order valence-corrected chi connectivity index (χ3v) is 1.69. The zero-order chi connectivity index (χ0) is 8.81. The molecule has 0 saturated carbocycles. The Hall–Kier alpha value is -1.34. The van der Waals surface area contributed by atoms with E-state index in [4.69, 9.17) is 5.73 Å². The topological polar surface area (TPSA) is 26.0 Å². The van der Waals surface area contributed by atoms with Crippen LogP contribution in [0, 0.1) is 0 Å². The van der Waals surface area contributed by atoms with Gasteiger partial charge >= 0.3 is 0 Å². The van der Waals surface area contributed by atoms with E-state index in [1.54, 1.807) is 6.08 Å². The van der Waals surface area contributed by atoms with Crippen LogP contribution in [0.15, 0.2) is 43.0 Å². The summed E-state index contributed by atoms with van der Waals surface area (Å²) in [5.41, 5.74) is 7.89. The van der Waals surface area contributed by atoms with Gasteiger partial charge in [-0.2, -0.15) is 0 Å². The van der Waals surface area contributed by atoms with E-state index in [2.05, 4.69) is 6.58 Å². The first-order valence-electron chi connectivity index (χ1n) is 3.95. The first kappa shape index (κ1) is 8.75. The fourth-order valence-corrected chi connectivity index (χ4v) is 1.05. The Balaban J connectivity index is 2.96. The van der Waals surface area contributed by atoms with E-state index in [9.17, 15) is 0 Å². The lowest BCUT2D eigenvalue weighted by atomic mass is 10.1. The van der Waals surface area contributed by atoms with Crippen LogP contribution in [0.25, 0.3) is 6.08 Å². The summed E-state index contributed by atoms with van der Waals surface area (Å²) in [7, 11) is 0. The molecule has 1 rings (SSSR count). The lowest BCUT2D eigenvalue weighted by Crippen LogP contribution is -1.97. The van der Waals surface area contributed by atoms with Crippen LogP contribution < -0.4 is 5.73 Å². The fourth-order valence-electron chi connectivity index (χ4n) is 1.05. The second-order valence-corrected chi connectivity index (χ2v) is 2.50. The molecule has 1 nitrogen and oxygen atoms in total. The predicted molar refractivity (Wildman–Crippen MR) is 53.6 cm³/mol. The quantitative estimate of drug-likeness (QED) is 0.673. The summed E-state index contributed by atoms with van der Waals surface area (Å²) in [6, 6.07) is 8.07. The molecule has 2 N–H and O–H groups in total. The maximum atomic E-state index is 5.56. The van der Waals surface area contributed by atoms with E-state index in [0.717, 1.165) is 5.56 Å². The molecule has 0 radical (unpaired) electrons. The number of hydrogen-bond acceptors (Lipinski definition) is 1. The minimum atomic E-state index is 0.581. The Kier molecular flexibility index (Phi) is 3.30. The van der Waals surface area contributed by atoms with Crippen LogP contribution in [0.3, 0.4) is 0 Å². The smallest absolute Gasteiger partial charge is 0.0184 e. The average Bonchev–Trinajstić information content (AvgIpc) is 2.15. The Morgan fingerprint density at radius 1 is 1.33 bits per heavy atom. The van der Waals surface area contributed by atoms with Crippen molar-refractivity contribution in [1.82, 2.24) is 0 Å². The predicted octanol–water partition coefficient (Wildman–Crippen LogP) is 2.34. The summed E-state index contributed by atoms with van der Waals surface area (Å²) in [6.45, 7) is 4.19. The highest BCUT2D eigenvalue weighted by Crippen LogP contribution is 2.09. The number of hydrogen-bond donors (Lipinski definition) is 1. The largest absolute Gasteiger partial charge is 0.326 e. The standard InChI is InChI=1S/C11H13N/c1-2-3-6-10-7-4-5-8-11(10)9-12/h2-8H,1,9,12H2. The van der Waals surface area contributed by atoms with Gasteiger partial charge in [0.1, 0.15) is 0 Å². The molecule has 0 aliphatic carbocycles. The highest BCUT2D eigenvalue weighted by atomic mass is 14.5. The van der Waals surface area contributed by atoms with Crippen molar-refractivity contribution in [1.29, 1.82) is 0 Å². The molecule has 0 spiro atoms. The normalized spacial score (nSPS) is 10.4. The first-order valence-corrected chi connectivity index (χ1v) is 3.95. The van der Waals surface area contributed by atoms with E-state index < -0.39 is 0 Å². The molecule has 0 saturated heterocycles. The van der Waals surface area contributed by atoms with Gasteiger partial charge in [0.15, 0.2) is 0 Å². The Bertz CT molecular complexity index is 287. The highest BCUT2D eigenvalue weighted by molar-refractivity contribution is 5.54. The van der Waals surface area contributed by atoms with Crippen LogP contribution in [0.4, 0.5) is 0 Å². The monoisotopic (exact) mass is 159 g/mol. The van der Waals surface area contributed by atoms with E-state index >= 15 is 0 Å². The molecule has 1 aromatic carbocycles. The molecule has 0 fully saturated rings. The van der Waals surface area contributed by atoms with Crippen molar-refractivity contribution >= 4 is 6.08 Å². The third kappa shape index (κ3) is 2.07. The van der Waals surface area contributed by atoms with Crippen LogP contribution in [-0.2, 0) is 6.54 Å². The summed E-state index contributed by atoms with van der Waals surface area (Å²) in [5.74, 6) is 0. The van der Waals surface area contributed by atoms with Gasteiger partial charge in [0.2, 0.25) is 0 Å². The second kappa shape index (κ2) is 4.52. The van der Waals surface area contributed by atoms with Gasteiger partial charge in [-0.3, -0.25) is 0 Å². The number of benzene rings is 1. The van der Waals surface area contributed by atoms with Gasteiger partial charge in [0, 0.05) is 6.54 Å². The molecule has 0 aliphatic heterocycles. The van der Waals surface area contributed by atoms with Crippen LogP contribution in [0.2, 0.25) is 0 Å². The molecule has 0 bridgehead atoms. The molecule has 0 heterocycles. The minimum absolute atomic E-state index is 0.581. The molecule has 0 aromatic heterocycles. The summed E-state index contributed by atoms with van der Waals surface area (Å²) in [6.07, 6.45) is 5.68. The van der Waals surface area contributed by atoms with E-state index in [1.807, 2.05) is 36.4 Å². The first-order chi connectivity index (χ1) is 5.88. The van der Waals surface area contributed by atoms with Gasteiger partial charge in [-0.15, -0.1) is 0 Å². The lowest BCUT2D eigenvalue weighted by molar-refractivity contribution is 1.07. The van der Waals surface area contributed by atoms with Gasteiger partial charge in [0.05, 0.1) is 0 Å². The van der Waals surface area contributed by atoms with E-state index in [0.29, 0.717) is 6.54 Å². The molecular formula is C11H13N. The second-order valence-electron chi connectivity index (χ2n) is 2.50. The Morgan fingerprint density at radius 3 is 2.75 bits per heavy atom. The van der Waals surface area contributed by atoms with Gasteiger partial charge in [0.25, 0.3) is 0 Å². The summed E-state index contributed by atoms with van der Waals surface area (Å²) < 4.78 is 0. The van der Waals surface area contributed by atoms with Crippen LogP contribution in [0.1, 0.15) is 11.1 Å². The molecule has 0 amide bonds. The molecule has 0 unspecified atom stereocenters. The van der Waals surface area contributed by atoms with Crippen molar-refractivity contribution in [2.75, 3.05) is 0 Å². The van der Waals surface area contributed by atoms with Crippen LogP contribution in [0.5, 0.6) is 0 Å². The molecule has 12 heavy (non-hydrogen) atoms. The van der Waals surface area contributed by atoms with Crippen molar-refractivity contribution in [2.45, 2.75) is 6.54 Å². The molecule has 0 aliphatic rings. The zero-order valence-electron chi connectivity index (χ0n) is 7.03. The third-order valence-electron chi connectivity index (χ3n) is 1.69. The molecule has 1 aromatic rings. The van der Waals surface area contributed by atoms with Crippen molar-refractivity contribution in [2.24, 2.45) is 5.73 Å². The summed E-state index contributed by atoms with van der Waals surface area (Å²) in [4.78, 5) is 0. The average molecular weight is 159 g/mol. The maximum Gasteiger partial charge on any atom is 0.0184 e. The SMILES string of the molecule is C=CC=Cc1ccccc1CN. The molecular weight excluding hydrogens is 146 g/mol. The van der Waals surface area contributed by atoms with Gasteiger partial charge < -0.3 is 5.73 Å². The Labute approximate surface area is 73.2 Å². The Morgan fingerprint density at radius 2 is 2.08 bits per heavy atom.